The first-order valence-corrected chi connectivity index (χ1v) is 12.3. The van der Waals surface area contributed by atoms with E-state index in [2.05, 4.69) is 15.7 Å². The number of aryl methyl sites for hydroxylation is 1. The average molecular weight is 509 g/mol. The number of nitrogens with one attached hydrogen (secondary N) is 2. The van der Waals surface area contributed by atoms with Crippen molar-refractivity contribution in [2.45, 2.75) is 39.2 Å². The third kappa shape index (κ3) is 5.26. The van der Waals surface area contributed by atoms with Gasteiger partial charge in [0, 0.05) is 17.1 Å². The van der Waals surface area contributed by atoms with Gasteiger partial charge in [-0.2, -0.15) is 5.10 Å². The highest BCUT2D eigenvalue weighted by molar-refractivity contribution is 7.80. The van der Waals surface area contributed by atoms with Crippen LogP contribution >= 0.6 is 46.8 Å². The molecule has 2 aromatic heterocycles. The molecule has 1 aromatic carbocycles. The molecular formula is C22H22Cl2N4O2S2. The Kier molecular flexibility index (Phi) is 7.35. The van der Waals surface area contributed by atoms with Gasteiger partial charge >= 0.3 is 5.97 Å². The van der Waals surface area contributed by atoms with Gasteiger partial charge in [-0.3, -0.25) is 4.68 Å². The number of benzene rings is 1. The van der Waals surface area contributed by atoms with E-state index in [0.29, 0.717) is 39.7 Å². The first kappa shape index (κ1) is 23.0. The van der Waals surface area contributed by atoms with Crippen LogP contribution in [0.15, 0.2) is 30.5 Å². The lowest BCUT2D eigenvalue weighted by Gasteiger charge is -2.12. The van der Waals surface area contributed by atoms with Gasteiger partial charge in [0.05, 0.1) is 28.8 Å². The maximum atomic E-state index is 12.6. The predicted octanol–water partition coefficient (Wildman–Crippen LogP) is 6.16. The summed E-state index contributed by atoms with van der Waals surface area (Å²) in [5.41, 5.74) is 2.69. The highest BCUT2D eigenvalue weighted by Crippen LogP contribution is 2.38. The van der Waals surface area contributed by atoms with Crippen LogP contribution in [0.2, 0.25) is 10.0 Å². The van der Waals surface area contributed by atoms with Crippen LogP contribution in [-0.4, -0.2) is 27.5 Å². The van der Waals surface area contributed by atoms with E-state index < -0.39 is 0 Å². The molecule has 0 aliphatic heterocycles. The number of rotatable bonds is 6. The zero-order chi connectivity index (χ0) is 22.7. The fourth-order valence-electron chi connectivity index (χ4n) is 3.67. The number of esters is 1. The van der Waals surface area contributed by atoms with Crippen molar-refractivity contribution in [3.63, 3.8) is 0 Å². The molecule has 0 fully saturated rings. The Labute approximate surface area is 205 Å². The third-order valence-corrected chi connectivity index (χ3v) is 7.24. The number of anilines is 2. The molecule has 0 atom stereocenters. The van der Waals surface area contributed by atoms with E-state index in [1.807, 2.05) is 31.3 Å². The van der Waals surface area contributed by atoms with E-state index in [9.17, 15) is 4.79 Å². The minimum Gasteiger partial charge on any atom is -0.462 e. The van der Waals surface area contributed by atoms with Crippen molar-refractivity contribution in [1.82, 2.24) is 9.78 Å². The fourth-order valence-corrected chi connectivity index (χ4v) is 5.54. The topological polar surface area (TPSA) is 68.2 Å². The molecule has 6 nitrogen and oxygen atoms in total. The summed E-state index contributed by atoms with van der Waals surface area (Å²) >= 11 is 19.1. The van der Waals surface area contributed by atoms with Gasteiger partial charge in [-0.1, -0.05) is 29.3 Å². The number of thiophene rings is 1. The fraction of sp³-hybridized carbons (Fsp3) is 0.318. The molecule has 10 heteroatoms. The summed E-state index contributed by atoms with van der Waals surface area (Å²) in [4.78, 5) is 13.8. The first-order chi connectivity index (χ1) is 15.4. The van der Waals surface area contributed by atoms with Gasteiger partial charge in [-0.05, 0) is 68.1 Å². The molecule has 1 aliphatic carbocycles. The summed E-state index contributed by atoms with van der Waals surface area (Å²) < 4.78 is 7.08. The number of hydrogen-bond donors (Lipinski definition) is 2. The molecule has 0 unspecified atom stereocenters. The maximum absolute atomic E-state index is 12.6. The lowest BCUT2D eigenvalue weighted by molar-refractivity contribution is 0.0526. The number of hydrogen-bond acceptors (Lipinski definition) is 5. The molecule has 32 heavy (non-hydrogen) atoms. The van der Waals surface area contributed by atoms with Crippen LogP contribution in [0.4, 0.5) is 10.8 Å². The first-order valence-electron chi connectivity index (χ1n) is 10.3. The Hall–Kier alpha value is -2.13. The van der Waals surface area contributed by atoms with Crippen molar-refractivity contribution >= 4 is 68.7 Å². The standard InChI is InChI=1S/C22H22Cl2N4O2S2/c1-2-30-21(29)19-14-5-3-4-6-17(14)32-20(19)26-22(31)25-18-9-10-28(27-18)12-13-7-8-15(23)16(24)11-13/h7-11H,2-6,12H2,1H3,(H2,25,26,27,31). The van der Waals surface area contributed by atoms with Gasteiger partial charge < -0.3 is 15.4 Å². The zero-order valence-electron chi connectivity index (χ0n) is 17.4. The largest absolute Gasteiger partial charge is 0.462 e. The van der Waals surface area contributed by atoms with Gasteiger partial charge in [0.15, 0.2) is 10.9 Å². The van der Waals surface area contributed by atoms with Crippen molar-refractivity contribution in [1.29, 1.82) is 0 Å². The molecule has 0 saturated heterocycles. The lowest BCUT2D eigenvalue weighted by Crippen LogP contribution is -2.21. The molecule has 4 rings (SSSR count). The number of thiocarbonyl (C=S) groups is 1. The van der Waals surface area contributed by atoms with Crippen molar-refractivity contribution in [2.24, 2.45) is 0 Å². The molecule has 0 spiro atoms. The highest BCUT2D eigenvalue weighted by Gasteiger charge is 2.26. The van der Waals surface area contributed by atoms with Crippen LogP contribution in [-0.2, 0) is 24.1 Å². The molecule has 0 saturated carbocycles. The van der Waals surface area contributed by atoms with Crippen molar-refractivity contribution in [3.8, 4) is 0 Å². The summed E-state index contributed by atoms with van der Waals surface area (Å²) in [6, 6.07) is 7.32. The van der Waals surface area contributed by atoms with Crippen LogP contribution in [0.5, 0.6) is 0 Å². The number of ether oxygens (including phenoxy) is 1. The van der Waals surface area contributed by atoms with Gasteiger partial charge in [-0.15, -0.1) is 11.3 Å². The van der Waals surface area contributed by atoms with Crippen LogP contribution in [0.1, 0.15) is 46.1 Å². The van der Waals surface area contributed by atoms with E-state index >= 15 is 0 Å². The Morgan fingerprint density at radius 1 is 1.22 bits per heavy atom. The normalized spacial score (nSPS) is 12.8. The second-order valence-corrected chi connectivity index (χ2v) is 9.69. The lowest BCUT2D eigenvalue weighted by atomic mass is 9.95. The van der Waals surface area contributed by atoms with E-state index in [-0.39, 0.29) is 5.97 Å². The number of nitrogens with zero attached hydrogens (tertiary/aromatic N) is 2. The highest BCUT2D eigenvalue weighted by atomic mass is 35.5. The second-order valence-electron chi connectivity index (χ2n) is 7.36. The zero-order valence-corrected chi connectivity index (χ0v) is 20.6. The quantitative estimate of drug-likeness (QED) is 0.306. The monoisotopic (exact) mass is 508 g/mol. The van der Waals surface area contributed by atoms with Crippen LogP contribution < -0.4 is 10.6 Å². The summed E-state index contributed by atoms with van der Waals surface area (Å²) in [7, 11) is 0. The Morgan fingerprint density at radius 2 is 2.03 bits per heavy atom. The number of carbonyl (C=O) groups is 1. The van der Waals surface area contributed by atoms with E-state index in [0.717, 1.165) is 41.8 Å². The number of carbonyl (C=O) groups excluding carboxylic acids is 1. The van der Waals surface area contributed by atoms with E-state index in [1.54, 1.807) is 22.1 Å². The Bertz CT molecular complexity index is 1160. The number of fused-ring (bicyclic) bond motifs is 1. The molecule has 1 aliphatic rings. The summed E-state index contributed by atoms with van der Waals surface area (Å²) in [5.74, 6) is 0.296. The second kappa shape index (κ2) is 10.2. The maximum Gasteiger partial charge on any atom is 0.341 e. The van der Waals surface area contributed by atoms with Crippen molar-refractivity contribution in [3.05, 3.63) is 62.1 Å². The Morgan fingerprint density at radius 3 is 2.81 bits per heavy atom. The van der Waals surface area contributed by atoms with Crippen molar-refractivity contribution < 1.29 is 9.53 Å². The number of aromatic nitrogens is 2. The van der Waals surface area contributed by atoms with E-state index in [4.69, 9.17) is 40.2 Å². The third-order valence-electron chi connectivity index (χ3n) is 5.09. The van der Waals surface area contributed by atoms with Gasteiger partial charge in [0.2, 0.25) is 0 Å². The number of halogens is 2. The minimum atomic E-state index is -0.303. The average Bonchev–Trinajstić information content (AvgIpc) is 3.34. The molecule has 3 aromatic rings. The van der Waals surface area contributed by atoms with Gasteiger partial charge in [0.1, 0.15) is 5.00 Å². The van der Waals surface area contributed by atoms with Gasteiger partial charge in [0.25, 0.3) is 0 Å². The van der Waals surface area contributed by atoms with Gasteiger partial charge in [-0.25, -0.2) is 4.79 Å². The smallest absolute Gasteiger partial charge is 0.341 e. The molecule has 0 amide bonds. The molecular weight excluding hydrogens is 487 g/mol. The van der Waals surface area contributed by atoms with Crippen LogP contribution in [0, 0.1) is 0 Å². The SMILES string of the molecule is CCOC(=O)c1c(NC(=S)Nc2ccn(Cc3ccc(Cl)c(Cl)c3)n2)sc2c1CCCC2. The van der Waals surface area contributed by atoms with Crippen LogP contribution in [0.3, 0.4) is 0 Å². The molecule has 168 valence electrons. The molecule has 2 heterocycles. The van der Waals surface area contributed by atoms with Crippen LogP contribution in [0.25, 0.3) is 0 Å². The summed E-state index contributed by atoms with van der Waals surface area (Å²) in [5, 5.41) is 12.9. The van der Waals surface area contributed by atoms with E-state index in [1.165, 1.54) is 4.88 Å². The summed E-state index contributed by atoms with van der Waals surface area (Å²) in [6.07, 6.45) is 5.93. The molecule has 2 N–H and O–H groups in total. The minimum absolute atomic E-state index is 0.303. The van der Waals surface area contributed by atoms with Crippen molar-refractivity contribution in [2.75, 3.05) is 17.2 Å². The molecule has 0 radical (unpaired) electrons. The molecule has 0 bridgehead atoms. The summed E-state index contributed by atoms with van der Waals surface area (Å²) in [6.45, 7) is 2.69. The Balaban J connectivity index is 1.45. The predicted molar refractivity (Wildman–Crippen MR) is 135 cm³/mol.